The average Bonchev–Trinajstić information content (AvgIpc) is 2.41. The topological polar surface area (TPSA) is 21.3 Å². The molecule has 1 fully saturated rings. The lowest BCUT2D eigenvalue weighted by molar-refractivity contribution is 0.129. The molecule has 0 radical (unpaired) electrons. The van der Waals surface area contributed by atoms with Crippen molar-refractivity contribution in [2.75, 3.05) is 20.3 Å². The van der Waals surface area contributed by atoms with Crippen molar-refractivity contribution in [3.05, 3.63) is 0 Å². The Morgan fingerprint density at radius 2 is 1.80 bits per heavy atom. The minimum absolute atomic E-state index is 0.618. The van der Waals surface area contributed by atoms with Gasteiger partial charge in [0.05, 0.1) is 0 Å². The summed E-state index contributed by atoms with van der Waals surface area (Å²) in [5, 5.41) is 3.67. The second-order valence-electron chi connectivity index (χ2n) is 7.39. The van der Waals surface area contributed by atoms with Gasteiger partial charge in [0.1, 0.15) is 0 Å². The lowest BCUT2D eigenvalue weighted by Crippen LogP contribution is -2.36. The second kappa shape index (κ2) is 9.78. The van der Waals surface area contributed by atoms with Crippen molar-refractivity contribution in [2.24, 2.45) is 23.7 Å². The van der Waals surface area contributed by atoms with Crippen LogP contribution in [-0.2, 0) is 4.74 Å². The monoisotopic (exact) mass is 283 g/mol. The smallest absolute Gasteiger partial charge is 0.0462 e. The Labute approximate surface area is 127 Å². The first-order valence-electron chi connectivity index (χ1n) is 8.76. The molecule has 1 aliphatic carbocycles. The van der Waals surface area contributed by atoms with Gasteiger partial charge in [0.15, 0.2) is 0 Å². The van der Waals surface area contributed by atoms with Crippen LogP contribution in [0.4, 0.5) is 0 Å². The number of hydrogen-bond donors (Lipinski definition) is 1. The predicted molar refractivity (Wildman–Crippen MR) is 88.0 cm³/mol. The molecule has 2 heteroatoms. The van der Waals surface area contributed by atoms with E-state index in [1.165, 1.54) is 45.1 Å². The number of methoxy groups -OCH3 is 1. The normalized spacial score (nSPS) is 27.4. The van der Waals surface area contributed by atoms with Crippen LogP contribution in [0.5, 0.6) is 0 Å². The number of ether oxygens (including phenoxy) is 1. The Hall–Kier alpha value is -0.0800. The van der Waals surface area contributed by atoms with Gasteiger partial charge in [-0.1, -0.05) is 40.5 Å². The van der Waals surface area contributed by atoms with Crippen LogP contribution in [0.1, 0.15) is 66.2 Å². The minimum Gasteiger partial charge on any atom is -0.385 e. The van der Waals surface area contributed by atoms with E-state index in [1.54, 1.807) is 0 Å². The van der Waals surface area contributed by atoms with Crippen LogP contribution in [0, 0.1) is 23.7 Å². The van der Waals surface area contributed by atoms with E-state index < -0.39 is 0 Å². The van der Waals surface area contributed by atoms with Crippen molar-refractivity contribution in [3.63, 3.8) is 0 Å². The number of nitrogens with one attached hydrogen (secondary N) is 1. The summed E-state index contributed by atoms with van der Waals surface area (Å²) in [6.45, 7) is 11.5. The zero-order chi connectivity index (χ0) is 15.0. The maximum absolute atomic E-state index is 5.18. The van der Waals surface area contributed by atoms with Crippen LogP contribution in [0.3, 0.4) is 0 Å². The van der Waals surface area contributed by atoms with E-state index in [1.807, 2.05) is 7.11 Å². The molecule has 1 rings (SSSR count). The summed E-state index contributed by atoms with van der Waals surface area (Å²) in [6, 6.07) is 0.618. The highest BCUT2D eigenvalue weighted by Crippen LogP contribution is 2.39. The van der Waals surface area contributed by atoms with Crippen molar-refractivity contribution < 1.29 is 4.74 Å². The van der Waals surface area contributed by atoms with E-state index in [0.29, 0.717) is 6.04 Å². The highest BCUT2D eigenvalue weighted by Gasteiger charge is 2.31. The van der Waals surface area contributed by atoms with Gasteiger partial charge < -0.3 is 10.1 Å². The molecule has 0 amide bonds. The largest absolute Gasteiger partial charge is 0.385 e. The summed E-state index contributed by atoms with van der Waals surface area (Å²) in [4.78, 5) is 0. The van der Waals surface area contributed by atoms with Crippen LogP contribution < -0.4 is 5.32 Å². The highest BCUT2D eigenvalue weighted by atomic mass is 16.5. The number of unbranched alkanes of at least 4 members (excludes halogenated alkanes) is 1. The van der Waals surface area contributed by atoms with E-state index in [2.05, 4.69) is 33.0 Å². The molecule has 0 bridgehead atoms. The first-order chi connectivity index (χ1) is 9.54. The standard InChI is InChI=1S/C18H37NO/c1-14(2)16-9-10-18(13-19-15(3)4)17(12-16)8-6-7-11-20-5/h14-19H,6-13H2,1-5H3. The summed E-state index contributed by atoms with van der Waals surface area (Å²) < 4.78 is 5.18. The Morgan fingerprint density at radius 1 is 1.05 bits per heavy atom. The average molecular weight is 284 g/mol. The molecule has 2 nitrogen and oxygen atoms in total. The summed E-state index contributed by atoms with van der Waals surface area (Å²) >= 11 is 0. The van der Waals surface area contributed by atoms with Crippen molar-refractivity contribution in [1.82, 2.24) is 5.32 Å². The minimum atomic E-state index is 0.618. The molecule has 0 heterocycles. The molecule has 1 aliphatic rings. The molecule has 0 aromatic heterocycles. The quantitative estimate of drug-likeness (QED) is 0.630. The van der Waals surface area contributed by atoms with Gasteiger partial charge in [-0.2, -0.15) is 0 Å². The fraction of sp³-hybridized carbons (Fsp3) is 1.00. The van der Waals surface area contributed by atoms with E-state index in [0.717, 1.165) is 30.3 Å². The van der Waals surface area contributed by atoms with E-state index in [4.69, 9.17) is 4.74 Å². The van der Waals surface area contributed by atoms with Crippen LogP contribution >= 0.6 is 0 Å². The summed E-state index contributed by atoms with van der Waals surface area (Å²) in [7, 11) is 1.81. The fourth-order valence-electron chi connectivity index (χ4n) is 3.63. The number of rotatable bonds is 9. The van der Waals surface area contributed by atoms with Crippen molar-refractivity contribution in [1.29, 1.82) is 0 Å². The molecule has 0 aliphatic heterocycles. The molecule has 0 aromatic rings. The van der Waals surface area contributed by atoms with Crippen molar-refractivity contribution in [2.45, 2.75) is 72.3 Å². The third-order valence-corrected chi connectivity index (χ3v) is 5.08. The SMILES string of the molecule is COCCCCC1CC(C(C)C)CCC1CNC(C)C. The molecule has 0 saturated heterocycles. The van der Waals surface area contributed by atoms with Crippen LogP contribution in [0.25, 0.3) is 0 Å². The third kappa shape index (κ3) is 6.58. The van der Waals surface area contributed by atoms with Gasteiger partial charge in [-0.05, 0) is 55.9 Å². The van der Waals surface area contributed by atoms with E-state index in [9.17, 15) is 0 Å². The molecule has 3 atom stereocenters. The van der Waals surface area contributed by atoms with Gasteiger partial charge >= 0.3 is 0 Å². The van der Waals surface area contributed by atoms with Crippen molar-refractivity contribution in [3.8, 4) is 0 Å². The molecule has 3 unspecified atom stereocenters. The fourth-order valence-corrected chi connectivity index (χ4v) is 3.63. The van der Waals surface area contributed by atoms with Gasteiger partial charge in [-0.3, -0.25) is 0 Å². The second-order valence-corrected chi connectivity index (χ2v) is 7.39. The predicted octanol–water partition coefficient (Wildman–Crippen LogP) is 4.49. The van der Waals surface area contributed by atoms with E-state index in [-0.39, 0.29) is 0 Å². The lowest BCUT2D eigenvalue weighted by Gasteiger charge is -2.38. The first kappa shape index (κ1) is 18.0. The van der Waals surface area contributed by atoms with Gasteiger partial charge in [0.2, 0.25) is 0 Å². The highest BCUT2D eigenvalue weighted by molar-refractivity contribution is 4.83. The van der Waals surface area contributed by atoms with Gasteiger partial charge in [-0.25, -0.2) is 0 Å². The number of hydrogen-bond acceptors (Lipinski definition) is 2. The van der Waals surface area contributed by atoms with Gasteiger partial charge in [0.25, 0.3) is 0 Å². The zero-order valence-electron chi connectivity index (χ0n) is 14.5. The Bertz CT molecular complexity index is 240. The first-order valence-corrected chi connectivity index (χ1v) is 8.76. The van der Waals surface area contributed by atoms with Crippen molar-refractivity contribution >= 4 is 0 Å². The van der Waals surface area contributed by atoms with Gasteiger partial charge in [0, 0.05) is 19.8 Å². The maximum Gasteiger partial charge on any atom is 0.0462 e. The lowest BCUT2D eigenvalue weighted by atomic mass is 9.69. The maximum atomic E-state index is 5.18. The molecule has 1 saturated carbocycles. The van der Waals surface area contributed by atoms with Crippen LogP contribution in [0.2, 0.25) is 0 Å². The van der Waals surface area contributed by atoms with Crippen LogP contribution in [-0.4, -0.2) is 26.3 Å². The molecule has 0 aromatic carbocycles. The molecule has 20 heavy (non-hydrogen) atoms. The Kier molecular flexibility index (Phi) is 8.79. The summed E-state index contributed by atoms with van der Waals surface area (Å²) in [5.74, 6) is 3.64. The molecule has 120 valence electrons. The van der Waals surface area contributed by atoms with E-state index >= 15 is 0 Å². The summed E-state index contributed by atoms with van der Waals surface area (Å²) in [5.41, 5.74) is 0. The Balaban J connectivity index is 2.43. The molecular weight excluding hydrogens is 246 g/mol. The molecule has 0 spiro atoms. The Morgan fingerprint density at radius 3 is 2.40 bits per heavy atom. The van der Waals surface area contributed by atoms with Gasteiger partial charge in [-0.15, -0.1) is 0 Å². The molecule has 1 N–H and O–H groups in total. The third-order valence-electron chi connectivity index (χ3n) is 5.08. The van der Waals surface area contributed by atoms with Crippen LogP contribution in [0.15, 0.2) is 0 Å². The summed E-state index contributed by atoms with van der Waals surface area (Å²) in [6.07, 6.45) is 8.28. The molecular formula is C18H37NO. The zero-order valence-corrected chi connectivity index (χ0v) is 14.5.